The van der Waals surface area contributed by atoms with E-state index in [1.165, 1.54) is 0 Å². The molecule has 2 atom stereocenters. The van der Waals surface area contributed by atoms with Gasteiger partial charge in [-0.3, -0.25) is 9.59 Å². The number of rotatable bonds is 2. The van der Waals surface area contributed by atoms with Gasteiger partial charge < -0.3 is 4.90 Å². The number of hydrogen-bond acceptors (Lipinski definition) is 2. The molecule has 18 heavy (non-hydrogen) atoms. The standard InChI is InChI=1S/C15H13NO2/c17-14-12-8-4-5-9-13(12)16(15(14)18)10-11-6-2-1-3-7-11/h1-9,12-13H,10H2/t12-,13+/m1/s1. The van der Waals surface area contributed by atoms with Gasteiger partial charge in [-0.05, 0) is 5.56 Å². The number of benzene rings is 1. The Bertz CT molecular complexity index is 545. The van der Waals surface area contributed by atoms with Crippen LogP contribution in [-0.4, -0.2) is 22.6 Å². The lowest BCUT2D eigenvalue weighted by atomic mass is 9.95. The number of amides is 1. The topological polar surface area (TPSA) is 37.4 Å². The van der Waals surface area contributed by atoms with E-state index in [2.05, 4.69) is 0 Å². The third-order valence-electron chi connectivity index (χ3n) is 3.44. The van der Waals surface area contributed by atoms with E-state index in [9.17, 15) is 9.59 Å². The number of ketones is 1. The third-order valence-corrected chi connectivity index (χ3v) is 3.44. The minimum absolute atomic E-state index is 0.116. The van der Waals surface area contributed by atoms with Crippen LogP contribution in [0.4, 0.5) is 0 Å². The van der Waals surface area contributed by atoms with Crippen LogP contribution in [0.1, 0.15) is 5.56 Å². The molecule has 0 aromatic heterocycles. The summed E-state index contributed by atoms with van der Waals surface area (Å²) in [5, 5.41) is 0. The Kier molecular flexibility index (Phi) is 2.59. The fourth-order valence-electron chi connectivity index (χ4n) is 2.51. The maximum Gasteiger partial charge on any atom is 0.291 e. The van der Waals surface area contributed by atoms with Crippen molar-refractivity contribution in [3.63, 3.8) is 0 Å². The molecular formula is C15H13NO2. The highest BCUT2D eigenvalue weighted by Gasteiger charge is 2.45. The average molecular weight is 239 g/mol. The highest BCUT2D eigenvalue weighted by atomic mass is 16.2. The van der Waals surface area contributed by atoms with Gasteiger partial charge in [-0.25, -0.2) is 0 Å². The van der Waals surface area contributed by atoms with Gasteiger partial charge >= 0.3 is 0 Å². The molecule has 90 valence electrons. The lowest BCUT2D eigenvalue weighted by Crippen LogP contribution is -2.33. The summed E-state index contributed by atoms with van der Waals surface area (Å²) in [7, 11) is 0. The molecule has 0 N–H and O–H groups in total. The molecule has 1 fully saturated rings. The second-order valence-electron chi connectivity index (χ2n) is 4.57. The molecule has 1 aromatic rings. The van der Waals surface area contributed by atoms with E-state index < -0.39 is 0 Å². The number of carbonyl (C=O) groups excluding carboxylic acids is 2. The van der Waals surface area contributed by atoms with E-state index in [1.54, 1.807) is 4.90 Å². The fraction of sp³-hybridized carbons (Fsp3) is 0.200. The average Bonchev–Trinajstić information content (AvgIpc) is 2.66. The molecule has 0 saturated carbocycles. The van der Waals surface area contributed by atoms with Gasteiger partial charge in [-0.1, -0.05) is 54.6 Å². The molecule has 1 amide bonds. The molecule has 1 aliphatic carbocycles. The Hall–Kier alpha value is -2.16. The molecule has 0 spiro atoms. The van der Waals surface area contributed by atoms with Crippen molar-refractivity contribution in [2.75, 3.05) is 0 Å². The van der Waals surface area contributed by atoms with Gasteiger partial charge in [0, 0.05) is 6.54 Å². The van der Waals surface area contributed by atoms with Crippen molar-refractivity contribution < 1.29 is 9.59 Å². The first-order valence-electron chi connectivity index (χ1n) is 6.01. The second-order valence-corrected chi connectivity index (χ2v) is 4.57. The van der Waals surface area contributed by atoms with Crippen LogP contribution >= 0.6 is 0 Å². The minimum atomic E-state index is -0.370. The summed E-state index contributed by atoms with van der Waals surface area (Å²) in [5.74, 6) is -0.965. The summed E-state index contributed by atoms with van der Waals surface area (Å²) < 4.78 is 0. The Labute approximate surface area is 105 Å². The van der Waals surface area contributed by atoms with Crippen molar-refractivity contribution in [1.82, 2.24) is 4.90 Å². The van der Waals surface area contributed by atoms with Crippen LogP contribution in [0.3, 0.4) is 0 Å². The van der Waals surface area contributed by atoms with Gasteiger partial charge in [0.1, 0.15) is 0 Å². The van der Waals surface area contributed by atoms with E-state index in [-0.39, 0.29) is 23.7 Å². The summed E-state index contributed by atoms with van der Waals surface area (Å²) in [6, 6.07) is 9.63. The first kappa shape index (κ1) is 11.0. The first-order valence-corrected chi connectivity index (χ1v) is 6.01. The summed E-state index contributed by atoms with van der Waals surface area (Å²) in [4.78, 5) is 25.5. The van der Waals surface area contributed by atoms with Gasteiger partial charge in [0.25, 0.3) is 5.91 Å². The monoisotopic (exact) mass is 239 g/mol. The molecule has 1 heterocycles. The smallest absolute Gasteiger partial charge is 0.291 e. The number of allylic oxidation sites excluding steroid dienone is 2. The second kappa shape index (κ2) is 4.26. The molecule has 3 rings (SSSR count). The molecule has 0 radical (unpaired) electrons. The van der Waals surface area contributed by atoms with Gasteiger partial charge in [0.15, 0.2) is 0 Å². The summed E-state index contributed by atoms with van der Waals surface area (Å²) in [5.41, 5.74) is 1.04. The van der Waals surface area contributed by atoms with Gasteiger partial charge in [-0.2, -0.15) is 0 Å². The maximum absolute atomic E-state index is 12.0. The Morgan fingerprint density at radius 2 is 1.72 bits per heavy atom. The van der Waals surface area contributed by atoms with Crippen LogP contribution < -0.4 is 0 Å². The van der Waals surface area contributed by atoms with Crippen LogP contribution in [0.2, 0.25) is 0 Å². The Morgan fingerprint density at radius 1 is 1.00 bits per heavy atom. The van der Waals surface area contributed by atoms with Crippen LogP contribution in [-0.2, 0) is 16.1 Å². The number of fused-ring (bicyclic) bond motifs is 1. The molecule has 0 bridgehead atoms. The van der Waals surface area contributed by atoms with E-state index in [0.29, 0.717) is 6.54 Å². The highest BCUT2D eigenvalue weighted by molar-refractivity contribution is 6.39. The van der Waals surface area contributed by atoms with Crippen molar-refractivity contribution in [2.45, 2.75) is 12.6 Å². The van der Waals surface area contributed by atoms with E-state index >= 15 is 0 Å². The molecular weight excluding hydrogens is 226 g/mol. The van der Waals surface area contributed by atoms with Gasteiger partial charge in [0.2, 0.25) is 5.78 Å². The van der Waals surface area contributed by atoms with E-state index in [4.69, 9.17) is 0 Å². The lowest BCUT2D eigenvalue weighted by molar-refractivity contribution is -0.141. The zero-order valence-corrected chi connectivity index (χ0v) is 9.82. The van der Waals surface area contributed by atoms with Crippen LogP contribution in [0.5, 0.6) is 0 Å². The normalized spacial score (nSPS) is 25.7. The SMILES string of the molecule is O=C1C(=O)N(Cc2ccccc2)[C@H]2C=CC=C[C@@H]12. The van der Waals surface area contributed by atoms with Crippen molar-refractivity contribution in [3.8, 4) is 0 Å². The van der Waals surface area contributed by atoms with Crippen LogP contribution in [0.25, 0.3) is 0 Å². The molecule has 2 aliphatic rings. The van der Waals surface area contributed by atoms with Crippen molar-refractivity contribution >= 4 is 11.7 Å². The predicted molar refractivity (Wildman–Crippen MR) is 67.6 cm³/mol. The first-order chi connectivity index (χ1) is 8.77. The molecule has 1 aromatic carbocycles. The number of likely N-dealkylation sites (tertiary alicyclic amines) is 1. The number of hydrogen-bond donors (Lipinski definition) is 0. The zero-order valence-electron chi connectivity index (χ0n) is 9.82. The Morgan fingerprint density at radius 3 is 2.50 bits per heavy atom. The van der Waals surface area contributed by atoms with E-state index in [1.807, 2.05) is 54.6 Å². The number of Topliss-reactive ketones (excluding diaryl/α,β-unsaturated/α-hetero) is 1. The maximum atomic E-state index is 12.0. The molecule has 1 aliphatic heterocycles. The lowest BCUT2D eigenvalue weighted by Gasteiger charge is -2.24. The van der Waals surface area contributed by atoms with Gasteiger partial charge in [-0.15, -0.1) is 0 Å². The summed E-state index contributed by atoms with van der Waals surface area (Å²) in [6.07, 6.45) is 7.47. The Balaban J connectivity index is 1.88. The fourth-order valence-corrected chi connectivity index (χ4v) is 2.51. The molecule has 0 unspecified atom stereocenters. The summed E-state index contributed by atoms with van der Waals surface area (Å²) in [6.45, 7) is 0.491. The quantitative estimate of drug-likeness (QED) is 0.737. The minimum Gasteiger partial charge on any atom is -0.324 e. The third kappa shape index (κ3) is 1.68. The van der Waals surface area contributed by atoms with Crippen molar-refractivity contribution in [1.29, 1.82) is 0 Å². The highest BCUT2D eigenvalue weighted by Crippen LogP contribution is 2.28. The molecule has 1 saturated heterocycles. The largest absolute Gasteiger partial charge is 0.324 e. The molecule has 3 nitrogen and oxygen atoms in total. The van der Waals surface area contributed by atoms with Crippen molar-refractivity contribution in [3.05, 3.63) is 60.2 Å². The molecule has 3 heteroatoms. The van der Waals surface area contributed by atoms with Gasteiger partial charge in [0.05, 0.1) is 12.0 Å². The van der Waals surface area contributed by atoms with E-state index in [0.717, 1.165) is 5.56 Å². The number of nitrogens with zero attached hydrogens (tertiary/aromatic N) is 1. The van der Waals surface area contributed by atoms with Crippen molar-refractivity contribution in [2.24, 2.45) is 5.92 Å². The summed E-state index contributed by atoms with van der Waals surface area (Å²) >= 11 is 0. The predicted octanol–water partition coefficient (Wildman–Crippen LogP) is 1.71. The van der Waals surface area contributed by atoms with Crippen LogP contribution in [0.15, 0.2) is 54.6 Å². The number of carbonyl (C=O) groups is 2. The van der Waals surface area contributed by atoms with Crippen LogP contribution in [0, 0.1) is 5.92 Å². The zero-order chi connectivity index (χ0) is 12.5.